The van der Waals surface area contributed by atoms with Crippen molar-refractivity contribution >= 4 is 5.91 Å². The van der Waals surface area contributed by atoms with Crippen LogP contribution in [-0.4, -0.2) is 48.4 Å². The van der Waals surface area contributed by atoms with Gasteiger partial charge in [-0.1, -0.05) is 26.2 Å². The maximum Gasteiger partial charge on any atom is 0.289 e. The largest absolute Gasteiger partial charge is 0.459 e. The molecule has 0 aliphatic carbocycles. The molecule has 0 N–H and O–H groups in total. The lowest BCUT2D eigenvalue weighted by molar-refractivity contribution is 0.0604. The molecular weight excluding hydrogens is 240 g/mol. The molecule has 1 aromatic rings. The molecule has 1 aromatic heterocycles. The quantitative estimate of drug-likeness (QED) is 0.741. The average molecular weight is 264 g/mol. The highest BCUT2D eigenvalue weighted by Crippen LogP contribution is 2.10. The van der Waals surface area contributed by atoms with Crippen LogP contribution in [0.1, 0.15) is 43.2 Å². The van der Waals surface area contributed by atoms with Crippen LogP contribution in [0.4, 0.5) is 0 Å². The minimum absolute atomic E-state index is 0.0237. The first-order chi connectivity index (χ1) is 9.31. The van der Waals surface area contributed by atoms with Gasteiger partial charge in [0.2, 0.25) is 0 Å². The summed E-state index contributed by atoms with van der Waals surface area (Å²) in [6.45, 7) is 7.00. The summed E-state index contributed by atoms with van der Waals surface area (Å²) < 4.78 is 5.16. The number of furan rings is 1. The Morgan fingerprint density at radius 1 is 1.21 bits per heavy atom. The van der Waals surface area contributed by atoms with E-state index in [-0.39, 0.29) is 5.91 Å². The highest BCUT2D eigenvalue weighted by molar-refractivity contribution is 5.91. The van der Waals surface area contributed by atoms with Crippen molar-refractivity contribution in [1.29, 1.82) is 0 Å². The zero-order valence-electron chi connectivity index (χ0n) is 11.8. The molecule has 4 heteroatoms. The van der Waals surface area contributed by atoms with E-state index in [1.165, 1.54) is 32.2 Å². The number of carbonyl (C=O) groups excluding carboxylic acids is 1. The fourth-order valence-electron chi connectivity index (χ4n) is 2.49. The molecule has 0 saturated carbocycles. The average Bonchev–Trinajstić information content (AvgIpc) is 2.98. The van der Waals surface area contributed by atoms with Gasteiger partial charge in [-0.15, -0.1) is 0 Å². The minimum Gasteiger partial charge on any atom is -0.459 e. The molecule has 2 heterocycles. The smallest absolute Gasteiger partial charge is 0.289 e. The summed E-state index contributed by atoms with van der Waals surface area (Å²) in [6.07, 6.45) is 6.77. The first-order valence-corrected chi connectivity index (χ1v) is 7.36. The van der Waals surface area contributed by atoms with Crippen molar-refractivity contribution in [1.82, 2.24) is 9.80 Å². The second-order valence-corrected chi connectivity index (χ2v) is 5.17. The Hall–Kier alpha value is -1.29. The van der Waals surface area contributed by atoms with Crippen molar-refractivity contribution < 1.29 is 9.21 Å². The molecule has 1 fully saturated rings. The van der Waals surface area contributed by atoms with Crippen LogP contribution in [0, 0.1) is 0 Å². The maximum atomic E-state index is 12.1. The van der Waals surface area contributed by atoms with Gasteiger partial charge in [0.1, 0.15) is 0 Å². The summed E-state index contributed by atoms with van der Waals surface area (Å²) in [5, 5.41) is 0. The zero-order chi connectivity index (χ0) is 13.5. The molecule has 4 nitrogen and oxygen atoms in total. The molecule has 1 saturated heterocycles. The molecule has 1 amide bonds. The number of rotatable bonds is 6. The number of amides is 1. The Balaban J connectivity index is 1.69. The summed E-state index contributed by atoms with van der Waals surface area (Å²) in [5.41, 5.74) is 0. The van der Waals surface area contributed by atoms with Crippen molar-refractivity contribution in [2.24, 2.45) is 0 Å². The van der Waals surface area contributed by atoms with Crippen LogP contribution in [0.3, 0.4) is 0 Å². The van der Waals surface area contributed by atoms with Crippen molar-refractivity contribution in [2.75, 3.05) is 32.7 Å². The van der Waals surface area contributed by atoms with Crippen LogP contribution >= 0.6 is 0 Å². The molecule has 0 bridgehead atoms. The molecule has 0 atom stereocenters. The Morgan fingerprint density at radius 2 is 2.00 bits per heavy atom. The molecular formula is C15H24N2O2. The van der Waals surface area contributed by atoms with Gasteiger partial charge in [0.05, 0.1) is 6.26 Å². The number of unbranched alkanes of at least 4 members (excludes halogenated alkanes) is 3. The van der Waals surface area contributed by atoms with Crippen molar-refractivity contribution in [3.05, 3.63) is 24.2 Å². The van der Waals surface area contributed by atoms with Crippen LogP contribution < -0.4 is 0 Å². The van der Waals surface area contributed by atoms with Gasteiger partial charge in [-0.3, -0.25) is 9.69 Å². The number of piperazine rings is 1. The van der Waals surface area contributed by atoms with E-state index in [4.69, 9.17) is 4.42 Å². The SMILES string of the molecule is CCCCCCN1CCN(C(=O)c2ccco2)CC1. The van der Waals surface area contributed by atoms with E-state index in [0.29, 0.717) is 5.76 Å². The summed E-state index contributed by atoms with van der Waals surface area (Å²) >= 11 is 0. The Morgan fingerprint density at radius 3 is 2.63 bits per heavy atom. The number of carbonyl (C=O) groups is 1. The Labute approximate surface area is 115 Å². The van der Waals surface area contributed by atoms with Gasteiger partial charge in [0.25, 0.3) is 5.91 Å². The minimum atomic E-state index is 0.0237. The summed E-state index contributed by atoms with van der Waals surface area (Å²) in [7, 11) is 0. The second kappa shape index (κ2) is 7.34. The molecule has 1 aliphatic rings. The van der Waals surface area contributed by atoms with Gasteiger partial charge in [-0.2, -0.15) is 0 Å². The molecule has 19 heavy (non-hydrogen) atoms. The highest BCUT2D eigenvalue weighted by atomic mass is 16.3. The van der Waals surface area contributed by atoms with Gasteiger partial charge in [0, 0.05) is 26.2 Å². The lowest BCUT2D eigenvalue weighted by atomic mass is 10.2. The first-order valence-electron chi connectivity index (χ1n) is 7.36. The third-order valence-corrected chi connectivity index (χ3v) is 3.72. The normalized spacial score (nSPS) is 16.8. The monoisotopic (exact) mass is 264 g/mol. The predicted molar refractivity (Wildman–Crippen MR) is 75.2 cm³/mol. The molecule has 0 spiro atoms. The lowest BCUT2D eigenvalue weighted by Crippen LogP contribution is -2.48. The van der Waals surface area contributed by atoms with Crippen molar-refractivity contribution in [3.8, 4) is 0 Å². The van der Waals surface area contributed by atoms with Gasteiger partial charge in [-0.05, 0) is 25.1 Å². The molecule has 1 aliphatic heterocycles. The molecule has 106 valence electrons. The predicted octanol–water partition coefficient (Wildman–Crippen LogP) is 2.62. The number of hydrogen-bond donors (Lipinski definition) is 0. The van der Waals surface area contributed by atoms with Gasteiger partial charge in [0.15, 0.2) is 5.76 Å². The van der Waals surface area contributed by atoms with Crippen molar-refractivity contribution in [2.45, 2.75) is 32.6 Å². The zero-order valence-corrected chi connectivity index (χ0v) is 11.8. The standard InChI is InChI=1S/C15H24N2O2/c1-2-3-4-5-8-16-9-11-17(12-10-16)15(18)14-7-6-13-19-14/h6-7,13H,2-5,8-12H2,1H3. The van der Waals surface area contributed by atoms with Gasteiger partial charge < -0.3 is 9.32 Å². The third-order valence-electron chi connectivity index (χ3n) is 3.72. The van der Waals surface area contributed by atoms with Crippen LogP contribution in [-0.2, 0) is 0 Å². The molecule has 2 rings (SSSR count). The third kappa shape index (κ3) is 4.10. The number of nitrogens with zero attached hydrogens (tertiary/aromatic N) is 2. The molecule has 0 aromatic carbocycles. The van der Waals surface area contributed by atoms with Crippen LogP contribution in [0.15, 0.2) is 22.8 Å². The fourth-order valence-corrected chi connectivity index (χ4v) is 2.49. The van der Waals surface area contributed by atoms with E-state index < -0.39 is 0 Å². The summed E-state index contributed by atoms with van der Waals surface area (Å²) in [6, 6.07) is 3.50. The maximum absolute atomic E-state index is 12.1. The summed E-state index contributed by atoms with van der Waals surface area (Å²) in [5.74, 6) is 0.479. The highest BCUT2D eigenvalue weighted by Gasteiger charge is 2.23. The van der Waals surface area contributed by atoms with E-state index in [2.05, 4.69) is 11.8 Å². The van der Waals surface area contributed by atoms with Crippen molar-refractivity contribution in [3.63, 3.8) is 0 Å². The van der Waals surface area contributed by atoms with Crippen LogP contribution in [0.5, 0.6) is 0 Å². The topological polar surface area (TPSA) is 36.7 Å². The Kier molecular flexibility index (Phi) is 5.45. The molecule has 0 radical (unpaired) electrons. The van der Waals surface area contributed by atoms with E-state index in [1.54, 1.807) is 18.4 Å². The van der Waals surface area contributed by atoms with Crippen LogP contribution in [0.25, 0.3) is 0 Å². The first kappa shape index (κ1) is 14.1. The summed E-state index contributed by atoms with van der Waals surface area (Å²) in [4.78, 5) is 16.4. The lowest BCUT2D eigenvalue weighted by Gasteiger charge is -2.34. The van der Waals surface area contributed by atoms with E-state index >= 15 is 0 Å². The van der Waals surface area contributed by atoms with Gasteiger partial charge in [-0.25, -0.2) is 0 Å². The van der Waals surface area contributed by atoms with Crippen LogP contribution in [0.2, 0.25) is 0 Å². The van der Waals surface area contributed by atoms with E-state index in [9.17, 15) is 4.79 Å². The second-order valence-electron chi connectivity index (χ2n) is 5.17. The Bertz CT molecular complexity index is 368. The van der Waals surface area contributed by atoms with E-state index in [0.717, 1.165) is 26.2 Å². The molecule has 0 unspecified atom stereocenters. The van der Waals surface area contributed by atoms with E-state index in [1.807, 2.05) is 4.90 Å². The van der Waals surface area contributed by atoms with Gasteiger partial charge >= 0.3 is 0 Å². The fraction of sp³-hybridized carbons (Fsp3) is 0.667. The number of hydrogen-bond acceptors (Lipinski definition) is 3.